The number of nitrogens with one attached hydrogen (secondary N) is 2. The van der Waals surface area contributed by atoms with Crippen molar-refractivity contribution in [2.24, 2.45) is 0 Å². The molecular weight excluding hydrogens is 322 g/mol. The quantitative estimate of drug-likeness (QED) is 0.605. The van der Waals surface area contributed by atoms with E-state index >= 15 is 0 Å². The van der Waals surface area contributed by atoms with Gasteiger partial charge in [-0.15, -0.1) is 0 Å². The van der Waals surface area contributed by atoms with E-state index < -0.39 is 20.6 Å². The first-order valence-electron chi connectivity index (χ1n) is 7.54. The summed E-state index contributed by atoms with van der Waals surface area (Å²) in [5.41, 5.74) is -0.586. The molecule has 9 heteroatoms. The molecule has 2 N–H and O–H groups in total. The summed E-state index contributed by atoms with van der Waals surface area (Å²) >= 11 is 0. The molecule has 126 valence electrons. The van der Waals surface area contributed by atoms with Gasteiger partial charge in [0.2, 0.25) is 10.0 Å². The van der Waals surface area contributed by atoms with Crippen LogP contribution in [0.2, 0.25) is 0 Å². The van der Waals surface area contributed by atoms with Crippen LogP contribution < -0.4 is 10.0 Å². The minimum Gasteiger partial charge on any atom is -0.368 e. The summed E-state index contributed by atoms with van der Waals surface area (Å²) in [4.78, 5) is 9.98. The fourth-order valence-electron chi connectivity index (χ4n) is 3.05. The van der Waals surface area contributed by atoms with Crippen LogP contribution in [0.3, 0.4) is 0 Å². The van der Waals surface area contributed by atoms with Gasteiger partial charge < -0.3 is 10.1 Å². The molecule has 1 unspecified atom stereocenters. The number of ether oxygens (including phenoxy) is 1. The first-order valence-corrected chi connectivity index (χ1v) is 9.02. The first-order chi connectivity index (χ1) is 10.9. The number of sulfonamides is 1. The number of benzene rings is 1. The normalized spacial score (nSPS) is 23.4. The standard InChI is InChI=1S/C14H19N3O5S/c18-17(19)12-5-1-2-6-13(12)23(20,21)16-8-11-4-3-7-14(22-11)9-15-10-14/h1-2,5-6,11,15-16H,3-4,7-10H2. The number of nitrogens with zero attached hydrogens (tertiary/aromatic N) is 1. The predicted molar refractivity (Wildman–Crippen MR) is 82.6 cm³/mol. The molecule has 2 heterocycles. The van der Waals surface area contributed by atoms with Gasteiger partial charge in [0.15, 0.2) is 4.90 Å². The number of nitro benzene ring substituents is 1. The van der Waals surface area contributed by atoms with Crippen molar-refractivity contribution in [3.63, 3.8) is 0 Å². The first kappa shape index (κ1) is 16.3. The Kier molecular flexibility index (Phi) is 4.37. The SMILES string of the molecule is O=[N+]([O-])c1ccccc1S(=O)(=O)NCC1CCCC2(CNC2)O1. The third kappa shape index (κ3) is 3.37. The number of rotatable bonds is 5. The summed E-state index contributed by atoms with van der Waals surface area (Å²) in [5.74, 6) is 0. The van der Waals surface area contributed by atoms with E-state index in [0.29, 0.717) is 0 Å². The van der Waals surface area contributed by atoms with Crippen LogP contribution in [0.5, 0.6) is 0 Å². The van der Waals surface area contributed by atoms with Gasteiger partial charge in [-0.1, -0.05) is 12.1 Å². The molecule has 3 rings (SSSR count). The van der Waals surface area contributed by atoms with E-state index in [1.54, 1.807) is 0 Å². The van der Waals surface area contributed by atoms with E-state index in [0.717, 1.165) is 32.4 Å². The third-order valence-corrected chi connectivity index (χ3v) is 5.79. The van der Waals surface area contributed by atoms with Gasteiger partial charge in [-0.05, 0) is 25.3 Å². The van der Waals surface area contributed by atoms with Crippen LogP contribution in [0.25, 0.3) is 0 Å². The zero-order chi connectivity index (χ0) is 16.5. The van der Waals surface area contributed by atoms with Crippen LogP contribution in [0.1, 0.15) is 19.3 Å². The van der Waals surface area contributed by atoms with E-state index in [1.807, 2.05) is 0 Å². The van der Waals surface area contributed by atoms with Crippen molar-refractivity contribution in [1.29, 1.82) is 0 Å². The average molecular weight is 341 g/mol. The summed E-state index contributed by atoms with van der Waals surface area (Å²) in [5, 5.41) is 14.2. The molecule has 1 aromatic rings. The average Bonchev–Trinajstić information content (AvgIpc) is 2.52. The Hall–Kier alpha value is -1.55. The topological polar surface area (TPSA) is 111 Å². The lowest BCUT2D eigenvalue weighted by molar-refractivity contribution is -0.387. The molecule has 0 saturated carbocycles. The van der Waals surface area contributed by atoms with E-state index in [9.17, 15) is 18.5 Å². The van der Waals surface area contributed by atoms with Crippen molar-refractivity contribution in [3.05, 3.63) is 34.4 Å². The lowest BCUT2D eigenvalue weighted by Gasteiger charge is -2.48. The Balaban J connectivity index is 1.68. The monoisotopic (exact) mass is 341 g/mol. The highest BCUT2D eigenvalue weighted by Gasteiger charge is 2.42. The van der Waals surface area contributed by atoms with E-state index in [1.165, 1.54) is 24.3 Å². The molecular formula is C14H19N3O5S. The molecule has 1 spiro atoms. The van der Waals surface area contributed by atoms with Crippen molar-refractivity contribution in [3.8, 4) is 0 Å². The Labute approximate surface area is 134 Å². The fourth-order valence-corrected chi connectivity index (χ4v) is 4.28. The molecule has 1 aromatic carbocycles. The van der Waals surface area contributed by atoms with Gasteiger partial charge in [-0.2, -0.15) is 0 Å². The van der Waals surface area contributed by atoms with Crippen molar-refractivity contribution >= 4 is 15.7 Å². The third-order valence-electron chi connectivity index (χ3n) is 4.32. The Morgan fingerprint density at radius 3 is 2.78 bits per heavy atom. The molecule has 2 aliphatic heterocycles. The molecule has 0 aliphatic carbocycles. The van der Waals surface area contributed by atoms with Crippen LogP contribution in [-0.4, -0.2) is 44.7 Å². The second-order valence-corrected chi connectivity index (χ2v) is 7.73. The van der Waals surface area contributed by atoms with E-state index in [-0.39, 0.29) is 23.1 Å². The molecule has 2 saturated heterocycles. The summed E-state index contributed by atoms with van der Waals surface area (Å²) in [7, 11) is -3.95. The Bertz CT molecular complexity index is 702. The van der Waals surface area contributed by atoms with E-state index in [4.69, 9.17) is 4.74 Å². The maximum Gasteiger partial charge on any atom is 0.289 e. The lowest BCUT2D eigenvalue weighted by atomic mass is 9.86. The predicted octanol–water partition coefficient (Wildman–Crippen LogP) is 0.784. The van der Waals surface area contributed by atoms with Crippen molar-refractivity contribution < 1.29 is 18.1 Å². The minimum atomic E-state index is -3.95. The van der Waals surface area contributed by atoms with Gasteiger partial charge in [-0.25, -0.2) is 13.1 Å². The number of hydrogen-bond acceptors (Lipinski definition) is 6. The number of para-hydroxylation sites is 1. The zero-order valence-corrected chi connectivity index (χ0v) is 13.3. The second kappa shape index (κ2) is 6.16. The number of nitro groups is 1. The van der Waals surface area contributed by atoms with Crippen LogP contribution in [0.4, 0.5) is 5.69 Å². The molecule has 0 aromatic heterocycles. The largest absolute Gasteiger partial charge is 0.368 e. The minimum absolute atomic E-state index is 0.121. The van der Waals surface area contributed by atoms with Crippen molar-refractivity contribution in [2.75, 3.05) is 19.6 Å². The summed E-state index contributed by atoms with van der Waals surface area (Å²) < 4.78 is 33.2. The lowest BCUT2D eigenvalue weighted by Crippen LogP contribution is -2.64. The van der Waals surface area contributed by atoms with Crippen molar-refractivity contribution in [2.45, 2.75) is 35.9 Å². The van der Waals surface area contributed by atoms with Crippen molar-refractivity contribution in [1.82, 2.24) is 10.0 Å². The highest BCUT2D eigenvalue weighted by Crippen LogP contribution is 2.32. The van der Waals surface area contributed by atoms with Crippen LogP contribution in [0, 0.1) is 10.1 Å². The van der Waals surface area contributed by atoms with Crippen LogP contribution in [0.15, 0.2) is 29.2 Å². The summed E-state index contributed by atoms with van der Waals surface area (Å²) in [6.07, 6.45) is 2.54. The molecule has 23 heavy (non-hydrogen) atoms. The second-order valence-electron chi connectivity index (χ2n) is 6.00. The van der Waals surface area contributed by atoms with Gasteiger partial charge in [0.25, 0.3) is 5.69 Å². The van der Waals surface area contributed by atoms with Gasteiger partial charge in [0.1, 0.15) is 0 Å². The van der Waals surface area contributed by atoms with Gasteiger partial charge >= 0.3 is 0 Å². The van der Waals surface area contributed by atoms with Gasteiger partial charge in [-0.3, -0.25) is 10.1 Å². The summed E-state index contributed by atoms with van der Waals surface area (Å²) in [6.45, 7) is 1.71. The fraction of sp³-hybridized carbons (Fsp3) is 0.571. The Morgan fingerprint density at radius 2 is 2.13 bits per heavy atom. The maximum atomic E-state index is 12.4. The van der Waals surface area contributed by atoms with E-state index in [2.05, 4.69) is 10.0 Å². The molecule has 0 amide bonds. The molecule has 2 aliphatic rings. The Morgan fingerprint density at radius 1 is 1.39 bits per heavy atom. The highest BCUT2D eigenvalue weighted by molar-refractivity contribution is 7.89. The smallest absolute Gasteiger partial charge is 0.289 e. The van der Waals surface area contributed by atoms with Crippen LogP contribution >= 0.6 is 0 Å². The highest BCUT2D eigenvalue weighted by atomic mass is 32.2. The number of hydrogen-bond donors (Lipinski definition) is 2. The molecule has 8 nitrogen and oxygen atoms in total. The zero-order valence-electron chi connectivity index (χ0n) is 12.5. The van der Waals surface area contributed by atoms with Gasteiger partial charge in [0, 0.05) is 25.7 Å². The molecule has 1 atom stereocenters. The maximum absolute atomic E-state index is 12.4. The van der Waals surface area contributed by atoms with Gasteiger partial charge in [0.05, 0.1) is 16.6 Å². The molecule has 0 bridgehead atoms. The molecule has 0 radical (unpaired) electrons. The summed E-state index contributed by atoms with van der Waals surface area (Å²) in [6, 6.07) is 5.32. The molecule has 2 fully saturated rings. The van der Waals surface area contributed by atoms with Crippen LogP contribution in [-0.2, 0) is 14.8 Å².